The Labute approximate surface area is 158 Å². The summed E-state index contributed by atoms with van der Waals surface area (Å²) in [5.74, 6) is -0.993. The molecule has 3 aromatic rings. The second-order valence-electron chi connectivity index (χ2n) is 6.27. The van der Waals surface area contributed by atoms with E-state index in [4.69, 9.17) is 16.2 Å². The van der Waals surface area contributed by atoms with E-state index in [2.05, 4.69) is 4.98 Å². The minimum atomic E-state index is -1.27. The molecule has 1 unspecified atom stereocenters. The first-order valence-electron chi connectivity index (χ1n) is 8.02. The minimum absolute atomic E-state index is 0.119. The van der Waals surface area contributed by atoms with E-state index in [1.807, 2.05) is 0 Å². The van der Waals surface area contributed by atoms with Crippen LogP contribution in [0.3, 0.4) is 0 Å². The van der Waals surface area contributed by atoms with Crippen molar-refractivity contribution in [3.8, 4) is 22.1 Å². The number of hydrogen-bond acceptors (Lipinski definition) is 5. The summed E-state index contributed by atoms with van der Waals surface area (Å²) < 4.78 is 32.2. The highest BCUT2D eigenvalue weighted by Crippen LogP contribution is 2.39. The first-order valence-corrected chi connectivity index (χ1v) is 8.84. The van der Waals surface area contributed by atoms with Crippen molar-refractivity contribution in [1.82, 2.24) is 4.98 Å². The Morgan fingerprint density at radius 2 is 1.67 bits per heavy atom. The smallest absolute Gasteiger partial charge is 0.237 e. The molecule has 2 aromatic carbocycles. The van der Waals surface area contributed by atoms with E-state index in [0.717, 1.165) is 0 Å². The molecular weight excluding hydrogens is 372 g/mol. The van der Waals surface area contributed by atoms with Crippen molar-refractivity contribution < 1.29 is 18.3 Å². The summed E-state index contributed by atoms with van der Waals surface area (Å²) in [6.07, 6.45) is 0.119. The summed E-state index contributed by atoms with van der Waals surface area (Å²) >= 11 is 1.19. The van der Waals surface area contributed by atoms with Gasteiger partial charge in [0.2, 0.25) is 11.0 Å². The summed E-state index contributed by atoms with van der Waals surface area (Å²) in [5, 5.41) is 0.957. The molecule has 1 aromatic heterocycles. The number of carbonyl (C=O) groups excluding carboxylic acids is 1. The molecule has 0 bridgehead atoms. The quantitative estimate of drug-likeness (QED) is 0.674. The van der Waals surface area contributed by atoms with Gasteiger partial charge in [0.05, 0.1) is 10.5 Å². The van der Waals surface area contributed by atoms with Gasteiger partial charge in [-0.15, -0.1) is 0 Å². The van der Waals surface area contributed by atoms with Crippen LogP contribution in [-0.4, -0.2) is 16.4 Å². The zero-order valence-corrected chi connectivity index (χ0v) is 15.2. The Morgan fingerprint density at radius 1 is 1.11 bits per heavy atom. The molecule has 5 nitrogen and oxygen atoms in total. The van der Waals surface area contributed by atoms with Gasteiger partial charge in [-0.25, -0.2) is 13.8 Å². The van der Waals surface area contributed by atoms with Crippen LogP contribution in [0.25, 0.3) is 11.3 Å². The largest absolute Gasteiger partial charge is 0.444 e. The second kappa shape index (κ2) is 7.42. The summed E-state index contributed by atoms with van der Waals surface area (Å²) in [5.41, 5.74) is 11.1. The lowest BCUT2D eigenvalue weighted by Gasteiger charge is -2.18. The lowest BCUT2D eigenvalue weighted by atomic mass is 9.99. The number of nitrogens with zero attached hydrogens (tertiary/aromatic N) is 1. The standard InChI is InChI=1S/C19H17F2N3O2S/c1-19(23,18(22)25)10-15-24-16(11-2-4-12(20)5-3-11)17(27-15)26-14-8-6-13(21)7-9-14/h2-9H,10,23H2,1H3,(H2,22,25). The fourth-order valence-electron chi connectivity index (χ4n) is 2.29. The van der Waals surface area contributed by atoms with E-state index in [1.54, 1.807) is 12.1 Å². The number of nitrogens with two attached hydrogens (primary N) is 2. The molecule has 0 fully saturated rings. The number of amides is 1. The molecule has 0 aliphatic heterocycles. The molecule has 0 spiro atoms. The zero-order chi connectivity index (χ0) is 19.6. The van der Waals surface area contributed by atoms with Gasteiger partial charge >= 0.3 is 0 Å². The van der Waals surface area contributed by atoms with Gasteiger partial charge in [-0.3, -0.25) is 4.79 Å². The van der Waals surface area contributed by atoms with Gasteiger partial charge in [-0.2, -0.15) is 0 Å². The predicted molar refractivity (Wildman–Crippen MR) is 99.5 cm³/mol. The average Bonchev–Trinajstić information content (AvgIpc) is 2.99. The second-order valence-corrected chi connectivity index (χ2v) is 7.31. The first kappa shape index (κ1) is 18.9. The average molecular weight is 389 g/mol. The maximum Gasteiger partial charge on any atom is 0.237 e. The topological polar surface area (TPSA) is 91.2 Å². The molecule has 27 heavy (non-hydrogen) atoms. The third-order valence-corrected chi connectivity index (χ3v) is 4.80. The van der Waals surface area contributed by atoms with Crippen molar-refractivity contribution in [2.75, 3.05) is 0 Å². The summed E-state index contributed by atoms with van der Waals surface area (Å²) in [6.45, 7) is 1.52. The van der Waals surface area contributed by atoms with Crippen LogP contribution in [0.4, 0.5) is 8.78 Å². The van der Waals surface area contributed by atoms with Crippen molar-refractivity contribution in [3.63, 3.8) is 0 Å². The first-order chi connectivity index (χ1) is 12.7. The molecule has 1 atom stereocenters. The van der Waals surface area contributed by atoms with Crippen molar-refractivity contribution in [2.24, 2.45) is 11.5 Å². The lowest BCUT2D eigenvalue weighted by molar-refractivity contribution is -0.122. The number of benzene rings is 2. The number of primary amides is 1. The number of aromatic nitrogens is 1. The fourth-order valence-corrected chi connectivity index (χ4v) is 3.42. The van der Waals surface area contributed by atoms with E-state index in [1.165, 1.54) is 54.7 Å². The Bertz CT molecular complexity index is 954. The van der Waals surface area contributed by atoms with Crippen LogP contribution >= 0.6 is 11.3 Å². The van der Waals surface area contributed by atoms with Crippen LogP contribution in [0.1, 0.15) is 11.9 Å². The number of thiazole rings is 1. The molecule has 0 radical (unpaired) electrons. The SMILES string of the molecule is CC(N)(Cc1nc(-c2ccc(F)cc2)c(Oc2ccc(F)cc2)s1)C(N)=O. The van der Waals surface area contributed by atoms with E-state index in [-0.39, 0.29) is 18.1 Å². The highest BCUT2D eigenvalue weighted by Gasteiger charge is 2.29. The number of hydrogen-bond donors (Lipinski definition) is 2. The normalized spacial score (nSPS) is 13.2. The lowest BCUT2D eigenvalue weighted by Crippen LogP contribution is -2.51. The van der Waals surface area contributed by atoms with Crippen LogP contribution in [0, 0.1) is 11.6 Å². The van der Waals surface area contributed by atoms with E-state index >= 15 is 0 Å². The maximum absolute atomic E-state index is 13.3. The van der Waals surface area contributed by atoms with Crippen LogP contribution in [0.15, 0.2) is 48.5 Å². The Kier molecular flexibility index (Phi) is 5.20. The van der Waals surface area contributed by atoms with Gasteiger partial charge in [0.25, 0.3) is 0 Å². The summed E-state index contributed by atoms with van der Waals surface area (Å²) in [6, 6.07) is 11.3. The minimum Gasteiger partial charge on any atom is -0.444 e. The van der Waals surface area contributed by atoms with E-state index in [9.17, 15) is 13.6 Å². The summed E-state index contributed by atoms with van der Waals surface area (Å²) in [7, 11) is 0. The molecule has 0 aliphatic carbocycles. The monoisotopic (exact) mass is 389 g/mol. The molecule has 3 rings (SSSR count). The van der Waals surface area contributed by atoms with Crippen LogP contribution in [-0.2, 0) is 11.2 Å². The highest BCUT2D eigenvalue weighted by molar-refractivity contribution is 7.14. The molecular formula is C19H17F2N3O2S. The Balaban J connectivity index is 1.99. The van der Waals surface area contributed by atoms with Crippen LogP contribution < -0.4 is 16.2 Å². The van der Waals surface area contributed by atoms with Crippen molar-refractivity contribution in [1.29, 1.82) is 0 Å². The third kappa shape index (κ3) is 4.47. The Morgan fingerprint density at radius 3 is 2.22 bits per heavy atom. The van der Waals surface area contributed by atoms with Crippen molar-refractivity contribution in [3.05, 3.63) is 65.2 Å². The number of ether oxygens (including phenoxy) is 1. The molecule has 8 heteroatoms. The number of halogens is 2. The van der Waals surface area contributed by atoms with Gasteiger partial charge in [-0.05, 0) is 55.5 Å². The molecule has 1 amide bonds. The molecule has 0 saturated heterocycles. The maximum atomic E-state index is 13.3. The van der Waals surface area contributed by atoms with Crippen LogP contribution in [0.2, 0.25) is 0 Å². The fraction of sp³-hybridized carbons (Fsp3) is 0.158. The van der Waals surface area contributed by atoms with E-state index in [0.29, 0.717) is 27.1 Å². The Hall–Kier alpha value is -2.84. The van der Waals surface area contributed by atoms with Crippen molar-refractivity contribution in [2.45, 2.75) is 18.9 Å². The molecule has 1 heterocycles. The van der Waals surface area contributed by atoms with Gasteiger partial charge in [0.15, 0.2) is 0 Å². The van der Waals surface area contributed by atoms with Gasteiger partial charge < -0.3 is 16.2 Å². The molecule has 0 saturated carbocycles. The predicted octanol–water partition coefficient (Wildman–Crippen LogP) is 3.63. The van der Waals surface area contributed by atoms with Crippen LogP contribution in [0.5, 0.6) is 10.8 Å². The van der Waals surface area contributed by atoms with Gasteiger partial charge in [0.1, 0.15) is 23.1 Å². The molecule has 4 N–H and O–H groups in total. The zero-order valence-electron chi connectivity index (χ0n) is 14.4. The number of carbonyl (C=O) groups is 1. The highest BCUT2D eigenvalue weighted by atomic mass is 32.1. The third-order valence-electron chi connectivity index (χ3n) is 3.86. The van der Waals surface area contributed by atoms with Gasteiger partial charge in [-0.1, -0.05) is 11.3 Å². The molecule has 0 aliphatic rings. The molecule has 140 valence electrons. The van der Waals surface area contributed by atoms with E-state index < -0.39 is 11.4 Å². The van der Waals surface area contributed by atoms with Gasteiger partial charge in [0, 0.05) is 12.0 Å². The van der Waals surface area contributed by atoms with Crippen molar-refractivity contribution >= 4 is 17.2 Å². The summed E-state index contributed by atoms with van der Waals surface area (Å²) in [4.78, 5) is 16.0. The number of rotatable bonds is 6.